The number of sulfonamides is 1. The lowest BCUT2D eigenvalue weighted by Gasteiger charge is -2.09. The van der Waals surface area contributed by atoms with Gasteiger partial charge in [0.05, 0.1) is 11.5 Å². The Balaban J connectivity index is 2.40. The Morgan fingerprint density at radius 3 is 2.67 bits per heavy atom. The molecule has 104 valence electrons. The maximum Gasteiger partial charge on any atom is 0.241 e. The minimum Gasteiger partial charge on any atom is -0.391 e. The summed E-state index contributed by atoms with van der Waals surface area (Å²) in [6.45, 7) is 1.28. The van der Waals surface area contributed by atoms with Gasteiger partial charge in [-0.3, -0.25) is 0 Å². The third kappa shape index (κ3) is 5.03. The van der Waals surface area contributed by atoms with Gasteiger partial charge in [-0.2, -0.15) is 0 Å². The highest BCUT2D eigenvalue weighted by atomic mass is 32.2. The Kier molecular flexibility index (Phi) is 6.24. The molecule has 18 heavy (non-hydrogen) atoms. The summed E-state index contributed by atoms with van der Waals surface area (Å²) >= 11 is 1.25. The summed E-state index contributed by atoms with van der Waals surface area (Å²) in [6.07, 6.45) is 1.77. The van der Waals surface area contributed by atoms with Crippen LogP contribution in [0.1, 0.15) is 17.7 Å². The fourth-order valence-corrected chi connectivity index (χ4v) is 3.64. The van der Waals surface area contributed by atoms with E-state index in [4.69, 9.17) is 5.11 Å². The second kappa shape index (κ2) is 7.20. The second-order valence-corrected chi connectivity index (χ2v) is 7.08. The number of hydrogen-bond acceptors (Lipinski definition) is 5. The maximum absolute atomic E-state index is 11.9. The van der Waals surface area contributed by atoms with Gasteiger partial charge in [-0.25, -0.2) is 13.1 Å². The molecular weight excluding hydrogens is 272 g/mol. The molecule has 0 aliphatic heterocycles. The molecule has 5 nitrogen and oxygen atoms in total. The molecule has 0 aliphatic rings. The first-order valence-electron chi connectivity index (χ1n) is 5.78. The predicted octanol–water partition coefficient (Wildman–Crippen LogP) is 0.860. The molecule has 0 atom stereocenters. The van der Waals surface area contributed by atoms with Crippen molar-refractivity contribution in [1.29, 1.82) is 0 Å². The van der Waals surface area contributed by atoms with Gasteiger partial charge in [-0.15, -0.1) is 11.3 Å². The number of thiophene rings is 1. The molecule has 0 aliphatic carbocycles. The minimum atomic E-state index is -3.41. The maximum atomic E-state index is 11.9. The quantitative estimate of drug-likeness (QED) is 0.697. The van der Waals surface area contributed by atoms with Gasteiger partial charge < -0.3 is 10.0 Å². The molecule has 0 bridgehead atoms. The number of unbranched alkanes of at least 4 members (excludes halogenated alkanes) is 1. The first-order valence-corrected chi connectivity index (χ1v) is 8.14. The monoisotopic (exact) mass is 292 g/mol. The highest BCUT2D eigenvalue weighted by Gasteiger charge is 2.15. The standard InChI is InChI=1S/C11H20N2O3S2/c1-13(2)6-4-3-5-12-18(15,16)11-7-10(8-14)17-9-11/h7,9,12,14H,3-6,8H2,1-2H3. The fraction of sp³-hybridized carbons (Fsp3) is 0.636. The zero-order chi connectivity index (χ0) is 13.6. The van der Waals surface area contributed by atoms with Crippen molar-refractivity contribution >= 4 is 21.4 Å². The van der Waals surface area contributed by atoms with Gasteiger partial charge >= 0.3 is 0 Å². The molecule has 0 spiro atoms. The van der Waals surface area contributed by atoms with Crippen molar-refractivity contribution in [3.63, 3.8) is 0 Å². The topological polar surface area (TPSA) is 69.6 Å². The molecule has 0 radical (unpaired) electrons. The van der Waals surface area contributed by atoms with E-state index in [-0.39, 0.29) is 11.5 Å². The SMILES string of the molecule is CN(C)CCCCNS(=O)(=O)c1csc(CO)c1. The van der Waals surface area contributed by atoms with Crippen molar-refractivity contribution in [2.24, 2.45) is 0 Å². The van der Waals surface area contributed by atoms with Crippen LogP contribution in [-0.4, -0.2) is 45.6 Å². The van der Waals surface area contributed by atoms with E-state index in [0.29, 0.717) is 11.4 Å². The molecular formula is C11H20N2O3S2. The lowest BCUT2D eigenvalue weighted by atomic mass is 10.3. The average molecular weight is 292 g/mol. The van der Waals surface area contributed by atoms with Crippen LogP contribution in [0, 0.1) is 0 Å². The van der Waals surface area contributed by atoms with Gasteiger partial charge in [0.1, 0.15) is 0 Å². The van der Waals surface area contributed by atoms with E-state index >= 15 is 0 Å². The Morgan fingerprint density at radius 1 is 1.39 bits per heavy atom. The zero-order valence-corrected chi connectivity index (χ0v) is 12.4. The molecule has 0 aromatic carbocycles. The normalized spacial score (nSPS) is 12.2. The third-order valence-corrected chi connectivity index (χ3v) is 4.93. The van der Waals surface area contributed by atoms with Crippen LogP contribution in [0.15, 0.2) is 16.3 Å². The zero-order valence-electron chi connectivity index (χ0n) is 10.7. The van der Waals surface area contributed by atoms with Crippen LogP contribution < -0.4 is 4.72 Å². The molecule has 7 heteroatoms. The van der Waals surface area contributed by atoms with E-state index in [9.17, 15) is 8.42 Å². The van der Waals surface area contributed by atoms with Gasteiger partial charge in [-0.1, -0.05) is 0 Å². The van der Waals surface area contributed by atoms with E-state index in [1.807, 2.05) is 14.1 Å². The Hall–Kier alpha value is -0.470. The summed E-state index contributed by atoms with van der Waals surface area (Å²) in [6, 6.07) is 1.51. The summed E-state index contributed by atoms with van der Waals surface area (Å²) in [7, 11) is 0.569. The van der Waals surface area contributed by atoms with Crippen LogP contribution in [0.5, 0.6) is 0 Å². The van der Waals surface area contributed by atoms with Crippen LogP contribution in [0.3, 0.4) is 0 Å². The number of nitrogens with one attached hydrogen (secondary N) is 1. The van der Waals surface area contributed by atoms with Crippen LogP contribution in [0.2, 0.25) is 0 Å². The van der Waals surface area contributed by atoms with Crippen LogP contribution >= 0.6 is 11.3 Å². The number of nitrogens with zero attached hydrogens (tertiary/aromatic N) is 1. The number of aliphatic hydroxyl groups excluding tert-OH is 1. The highest BCUT2D eigenvalue weighted by molar-refractivity contribution is 7.89. The van der Waals surface area contributed by atoms with E-state index in [1.165, 1.54) is 17.4 Å². The lowest BCUT2D eigenvalue weighted by molar-refractivity contribution is 0.285. The molecule has 1 aromatic rings. The largest absolute Gasteiger partial charge is 0.391 e. The smallest absolute Gasteiger partial charge is 0.241 e. The number of rotatable bonds is 8. The van der Waals surface area contributed by atoms with Gasteiger partial charge in [0.2, 0.25) is 10.0 Å². The van der Waals surface area contributed by atoms with Crippen molar-refractivity contribution in [1.82, 2.24) is 9.62 Å². The minimum absolute atomic E-state index is 0.122. The fourth-order valence-electron chi connectivity index (χ4n) is 1.43. The van der Waals surface area contributed by atoms with Gasteiger partial charge in [-0.05, 0) is 39.5 Å². The average Bonchev–Trinajstić information content (AvgIpc) is 2.77. The van der Waals surface area contributed by atoms with Crippen molar-refractivity contribution in [3.8, 4) is 0 Å². The molecule has 0 amide bonds. The highest BCUT2D eigenvalue weighted by Crippen LogP contribution is 2.18. The first-order chi connectivity index (χ1) is 8.45. The second-order valence-electron chi connectivity index (χ2n) is 4.31. The van der Waals surface area contributed by atoms with Gasteiger partial charge in [0.15, 0.2) is 0 Å². The molecule has 0 fully saturated rings. The van der Waals surface area contributed by atoms with E-state index in [1.54, 1.807) is 5.38 Å². The van der Waals surface area contributed by atoms with Crippen molar-refractivity contribution in [2.45, 2.75) is 24.3 Å². The van der Waals surface area contributed by atoms with Crippen LogP contribution in [0.25, 0.3) is 0 Å². The van der Waals surface area contributed by atoms with Crippen molar-refractivity contribution in [2.75, 3.05) is 27.2 Å². The van der Waals surface area contributed by atoms with Crippen LogP contribution in [0.4, 0.5) is 0 Å². The Bertz CT molecular complexity index is 455. The Morgan fingerprint density at radius 2 is 2.11 bits per heavy atom. The molecule has 0 saturated heterocycles. The van der Waals surface area contributed by atoms with E-state index in [2.05, 4.69) is 9.62 Å². The first kappa shape index (κ1) is 15.6. The molecule has 1 aromatic heterocycles. The van der Waals surface area contributed by atoms with Gasteiger partial charge in [0, 0.05) is 16.8 Å². The van der Waals surface area contributed by atoms with Crippen molar-refractivity contribution < 1.29 is 13.5 Å². The van der Waals surface area contributed by atoms with Crippen molar-refractivity contribution in [3.05, 3.63) is 16.3 Å². The molecule has 2 N–H and O–H groups in total. The van der Waals surface area contributed by atoms with Crippen LogP contribution in [-0.2, 0) is 16.6 Å². The summed E-state index contributed by atoms with van der Waals surface area (Å²) < 4.78 is 26.3. The van der Waals surface area contributed by atoms with E-state index < -0.39 is 10.0 Å². The summed E-state index contributed by atoms with van der Waals surface area (Å²) in [5, 5.41) is 10.5. The summed E-state index contributed by atoms with van der Waals surface area (Å²) in [4.78, 5) is 2.97. The van der Waals surface area contributed by atoms with Gasteiger partial charge in [0.25, 0.3) is 0 Å². The third-order valence-electron chi connectivity index (χ3n) is 2.42. The Labute approximate surface area is 112 Å². The predicted molar refractivity (Wildman–Crippen MR) is 73.2 cm³/mol. The molecule has 1 rings (SSSR count). The molecule has 0 unspecified atom stereocenters. The number of hydrogen-bond donors (Lipinski definition) is 2. The summed E-state index contributed by atoms with van der Waals surface area (Å²) in [5.41, 5.74) is 0. The van der Waals surface area contributed by atoms with E-state index in [0.717, 1.165) is 19.4 Å². The lowest BCUT2D eigenvalue weighted by Crippen LogP contribution is -2.25. The summed E-state index contributed by atoms with van der Waals surface area (Å²) in [5.74, 6) is 0. The molecule has 1 heterocycles. The molecule has 0 saturated carbocycles. The number of aliphatic hydroxyl groups is 1.